The molecule has 6 heteroatoms. The van der Waals surface area contributed by atoms with Gasteiger partial charge in [-0.2, -0.15) is 12.8 Å². The summed E-state index contributed by atoms with van der Waals surface area (Å²) in [6.07, 6.45) is 1.29. The van der Waals surface area contributed by atoms with E-state index in [0.717, 1.165) is 11.3 Å². The molecule has 1 aromatic heterocycles. The molecule has 0 spiro atoms. The third-order valence-corrected chi connectivity index (χ3v) is 4.78. The number of benzene rings is 1. The minimum Gasteiger partial charge on any atom is -0.198 e. The normalized spacial score (nSPS) is 12.1. The Morgan fingerprint density at radius 3 is 2.71 bits per heavy atom. The fourth-order valence-electron chi connectivity index (χ4n) is 1.18. The largest absolute Gasteiger partial charge is 0.291 e. The summed E-state index contributed by atoms with van der Waals surface area (Å²) in [6.45, 7) is 0. The Morgan fingerprint density at radius 2 is 2.06 bits per heavy atom. The van der Waals surface area contributed by atoms with Gasteiger partial charge in [0.05, 0.1) is 0 Å². The van der Waals surface area contributed by atoms with Crippen LogP contribution in [0.4, 0.5) is 0 Å². The van der Waals surface area contributed by atoms with Crippen molar-refractivity contribution in [2.45, 2.75) is 4.21 Å². The first-order valence-electron chi connectivity index (χ1n) is 4.67. The van der Waals surface area contributed by atoms with Crippen molar-refractivity contribution in [3.63, 3.8) is 0 Å². The number of hydrogen-bond donors (Lipinski definition) is 0. The van der Waals surface area contributed by atoms with E-state index in [0.29, 0.717) is 10.6 Å². The zero-order chi connectivity index (χ0) is 12.3. The van der Waals surface area contributed by atoms with Crippen molar-refractivity contribution in [1.82, 2.24) is 0 Å². The first kappa shape index (κ1) is 12.3. The highest BCUT2D eigenvalue weighted by atomic mass is 35.5. The van der Waals surface area contributed by atoms with Gasteiger partial charge in [-0.15, -0.1) is 11.3 Å². The molecule has 0 unspecified atom stereocenters. The second-order valence-electron chi connectivity index (χ2n) is 3.20. The molecular weight excluding hydrogens is 278 g/mol. The van der Waals surface area contributed by atoms with Gasteiger partial charge in [-0.1, -0.05) is 29.8 Å². The van der Waals surface area contributed by atoms with Gasteiger partial charge in [0.25, 0.3) is 10.0 Å². The van der Waals surface area contributed by atoms with Gasteiger partial charge in [0.15, 0.2) is 0 Å². The van der Waals surface area contributed by atoms with Gasteiger partial charge < -0.3 is 0 Å². The molecule has 0 saturated carbocycles. The summed E-state index contributed by atoms with van der Waals surface area (Å²) in [5.74, 6) is 0. The van der Waals surface area contributed by atoms with E-state index in [2.05, 4.69) is 4.40 Å². The summed E-state index contributed by atoms with van der Waals surface area (Å²) in [6, 6.07) is 10.0. The molecular formula is C11H8ClNO2S2. The van der Waals surface area contributed by atoms with Crippen LogP contribution in [0.25, 0.3) is 0 Å². The topological polar surface area (TPSA) is 46.5 Å². The van der Waals surface area contributed by atoms with Crippen molar-refractivity contribution in [2.24, 2.45) is 4.40 Å². The number of sulfonamides is 1. The van der Waals surface area contributed by atoms with Gasteiger partial charge in [-0.25, -0.2) is 0 Å². The van der Waals surface area contributed by atoms with E-state index in [1.165, 1.54) is 12.3 Å². The number of nitrogens with zero attached hydrogens (tertiary/aromatic N) is 1. The van der Waals surface area contributed by atoms with Crippen LogP contribution >= 0.6 is 22.9 Å². The Morgan fingerprint density at radius 1 is 1.24 bits per heavy atom. The maximum Gasteiger partial charge on any atom is 0.291 e. The van der Waals surface area contributed by atoms with Crippen LogP contribution in [-0.4, -0.2) is 14.6 Å². The van der Waals surface area contributed by atoms with Gasteiger partial charge >= 0.3 is 0 Å². The molecule has 0 fully saturated rings. The lowest BCUT2D eigenvalue weighted by molar-refractivity contribution is 0.600. The number of thiophene rings is 1. The first-order chi connectivity index (χ1) is 8.08. The zero-order valence-corrected chi connectivity index (χ0v) is 11.0. The molecule has 88 valence electrons. The average molecular weight is 286 g/mol. The molecule has 3 nitrogen and oxygen atoms in total. The molecule has 0 bridgehead atoms. The monoisotopic (exact) mass is 285 g/mol. The Kier molecular flexibility index (Phi) is 3.61. The Hall–Kier alpha value is -1.17. The smallest absolute Gasteiger partial charge is 0.198 e. The Balaban J connectivity index is 2.28. The number of halogens is 1. The molecule has 0 aliphatic carbocycles. The van der Waals surface area contributed by atoms with Gasteiger partial charge in [-0.3, -0.25) is 0 Å². The Labute approximate surface area is 108 Å². The van der Waals surface area contributed by atoms with Crippen LogP contribution in [0.3, 0.4) is 0 Å². The van der Waals surface area contributed by atoms with Crippen LogP contribution < -0.4 is 0 Å². The zero-order valence-electron chi connectivity index (χ0n) is 8.58. The van der Waals surface area contributed by atoms with Crippen LogP contribution in [0.2, 0.25) is 5.02 Å². The molecule has 0 saturated heterocycles. The van der Waals surface area contributed by atoms with E-state index in [-0.39, 0.29) is 4.21 Å². The van der Waals surface area contributed by atoms with E-state index in [1.807, 2.05) is 0 Å². The van der Waals surface area contributed by atoms with Crippen LogP contribution in [0.1, 0.15) is 5.56 Å². The SMILES string of the molecule is O=S(=O)(/N=C\c1cccc(Cl)c1)c1cccs1. The molecule has 0 N–H and O–H groups in total. The summed E-state index contributed by atoms with van der Waals surface area (Å²) >= 11 is 6.93. The van der Waals surface area contributed by atoms with E-state index < -0.39 is 10.0 Å². The molecule has 2 rings (SSSR count). The average Bonchev–Trinajstić information content (AvgIpc) is 2.81. The fourth-order valence-corrected chi connectivity index (χ4v) is 3.22. The van der Waals surface area contributed by atoms with Crippen LogP contribution in [0.15, 0.2) is 50.4 Å². The van der Waals surface area contributed by atoms with Crippen molar-refractivity contribution in [1.29, 1.82) is 0 Å². The van der Waals surface area contributed by atoms with Crippen LogP contribution in [0, 0.1) is 0 Å². The summed E-state index contributed by atoms with van der Waals surface area (Å²) < 4.78 is 27.3. The van der Waals surface area contributed by atoms with Crippen LogP contribution in [-0.2, 0) is 10.0 Å². The van der Waals surface area contributed by atoms with Crippen molar-refractivity contribution < 1.29 is 8.42 Å². The van der Waals surface area contributed by atoms with Crippen molar-refractivity contribution in [3.05, 3.63) is 52.4 Å². The highest BCUT2D eigenvalue weighted by Gasteiger charge is 2.11. The minimum absolute atomic E-state index is 0.232. The fraction of sp³-hybridized carbons (Fsp3) is 0. The molecule has 0 aliphatic rings. The minimum atomic E-state index is -3.58. The van der Waals surface area contributed by atoms with E-state index >= 15 is 0 Å². The quantitative estimate of drug-likeness (QED) is 0.813. The van der Waals surface area contributed by atoms with E-state index in [4.69, 9.17) is 11.6 Å². The molecule has 0 atom stereocenters. The molecule has 0 amide bonds. The highest BCUT2D eigenvalue weighted by Crippen LogP contribution is 2.18. The lowest BCUT2D eigenvalue weighted by Crippen LogP contribution is -1.94. The predicted molar refractivity (Wildman–Crippen MR) is 70.6 cm³/mol. The van der Waals surface area contributed by atoms with Gasteiger partial charge in [-0.05, 0) is 29.1 Å². The second kappa shape index (κ2) is 5.00. The maximum atomic E-state index is 11.7. The number of rotatable bonds is 3. The van der Waals surface area contributed by atoms with Gasteiger partial charge in [0.1, 0.15) is 4.21 Å². The van der Waals surface area contributed by atoms with Crippen molar-refractivity contribution in [2.75, 3.05) is 0 Å². The van der Waals surface area contributed by atoms with Gasteiger partial charge in [0, 0.05) is 11.2 Å². The molecule has 0 aliphatic heterocycles. The second-order valence-corrected chi connectivity index (χ2v) is 6.44. The third-order valence-electron chi connectivity index (χ3n) is 1.94. The molecule has 0 radical (unpaired) electrons. The van der Waals surface area contributed by atoms with Crippen LogP contribution in [0.5, 0.6) is 0 Å². The summed E-state index contributed by atoms with van der Waals surface area (Å²) in [7, 11) is -3.58. The van der Waals surface area contributed by atoms with E-state index in [1.54, 1.807) is 35.7 Å². The molecule has 1 heterocycles. The molecule has 2 aromatic rings. The standard InChI is InChI=1S/C11H8ClNO2S2/c12-10-4-1-3-9(7-10)8-13-17(14,15)11-5-2-6-16-11/h1-8H/b13-8-. The first-order valence-corrected chi connectivity index (χ1v) is 7.37. The third kappa shape index (κ3) is 3.15. The van der Waals surface area contributed by atoms with E-state index in [9.17, 15) is 8.42 Å². The lowest BCUT2D eigenvalue weighted by Gasteiger charge is -1.95. The van der Waals surface area contributed by atoms with Crippen molar-refractivity contribution >= 4 is 39.2 Å². The molecule has 17 heavy (non-hydrogen) atoms. The highest BCUT2D eigenvalue weighted by molar-refractivity contribution is 7.92. The van der Waals surface area contributed by atoms with Crippen molar-refractivity contribution in [3.8, 4) is 0 Å². The summed E-state index contributed by atoms with van der Waals surface area (Å²) in [5, 5.41) is 2.24. The summed E-state index contributed by atoms with van der Waals surface area (Å²) in [4.78, 5) is 0. The number of hydrogen-bond acceptors (Lipinski definition) is 3. The summed E-state index contributed by atoms with van der Waals surface area (Å²) in [5.41, 5.74) is 0.651. The predicted octanol–water partition coefficient (Wildman–Crippen LogP) is 3.21. The molecule has 1 aromatic carbocycles. The Bertz CT molecular complexity index is 633. The van der Waals surface area contributed by atoms with Gasteiger partial charge in [0.2, 0.25) is 0 Å². The maximum absolute atomic E-state index is 11.7. The lowest BCUT2D eigenvalue weighted by atomic mass is 10.2.